The predicted octanol–water partition coefficient (Wildman–Crippen LogP) is 5.32. The maximum atomic E-state index is 10.3. The number of hydrogen-bond acceptors (Lipinski definition) is 2. The zero-order chi connectivity index (χ0) is 12.6. The lowest BCUT2D eigenvalue weighted by molar-refractivity contribution is 0.223. The van der Waals surface area contributed by atoms with Gasteiger partial charge in [-0.05, 0) is 68.1 Å². The lowest BCUT2D eigenvalue weighted by Gasteiger charge is -2.12. The minimum absolute atomic E-state index is 0.638. The molecule has 0 fully saturated rings. The summed E-state index contributed by atoms with van der Waals surface area (Å²) >= 11 is 14.3. The number of halogens is 3. The van der Waals surface area contributed by atoms with Crippen LogP contribution >= 0.6 is 54.8 Å². The van der Waals surface area contributed by atoms with Gasteiger partial charge in [-0.25, -0.2) is 0 Å². The van der Waals surface area contributed by atoms with E-state index in [-0.39, 0.29) is 0 Å². The van der Waals surface area contributed by atoms with Gasteiger partial charge in [0, 0.05) is 14.4 Å². The molecule has 0 amide bonds. The van der Waals surface area contributed by atoms with Gasteiger partial charge in [0.25, 0.3) is 0 Å². The molecule has 1 unspecified atom stereocenters. The van der Waals surface area contributed by atoms with Crippen LogP contribution in [0.4, 0.5) is 0 Å². The summed E-state index contributed by atoms with van der Waals surface area (Å²) in [6.45, 7) is 1.96. The fourth-order valence-corrected chi connectivity index (χ4v) is 3.83. The Morgan fingerprint density at radius 2 is 2.00 bits per heavy atom. The molecular formula is C12H9Br2ClOS. The molecule has 5 heteroatoms. The SMILES string of the molecule is Cc1ccc(Cl)cc1C(O)c1cc(Br)c(Br)s1. The van der Waals surface area contributed by atoms with Crippen LogP contribution < -0.4 is 0 Å². The Bertz CT molecular complexity index is 534. The minimum Gasteiger partial charge on any atom is -0.383 e. The Morgan fingerprint density at radius 1 is 1.29 bits per heavy atom. The minimum atomic E-state index is -0.638. The third kappa shape index (κ3) is 2.93. The summed E-state index contributed by atoms with van der Waals surface area (Å²) in [5.41, 5.74) is 1.88. The van der Waals surface area contributed by atoms with Gasteiger partial charge in [-0.1, -0.05) is 17.7 Å². The van der Waals surface area contributed by atoms with E-state index in [1.54, 1.807) is 0 Å². The summed E-state index contributed by atoms with van der Waals surface area (Å²) in [4.78, 5) is 0.883. The lowest BCUT2D eigenvalue weighted by Crippen LogP contribution is -1.99. The number of aryl methyl sites for hydroxylation is 1. The van der Waals surface area contributed by atoms with E-state index in [0.29, 0.717) is 5.02 Å². The van der Waals surface area contributed by atoms with Crippen molar-refractivity contribution in [3.63, 3.8) is 0 Å². The van der Waals surface area contributed by atoms with E-state index in [4.69, 9.17) is 11.6 Å². The van der Waals surface area contributed by atoms with Crippen molar-refractivity contribution in [1.29, 1.82) is 0 Å². The molecule has 0 bridgehead atoms. The molecule has 0 aliphatic heterocycles. The van der Waals surface area contributed by atoms with Crippen LogP contribution in [0.5, 0.6) is 0 Å². The number of aliphatic hydroxyl groups excluding tert-OH is 1. The van der Waals surface area contributed by atoms with E-state index < -0.39 is 6.10 Å². The highest BCUT2D eigenvalue weighted by Gasteiger charge is 2.17. The summed E-state index contributed by atoms with van der Waals surface area (Å²) in [6.07, 6.45) is -0.638. The average Bonchev–Trinajstić information content (AvgIpc) is 2.62. The highest BCUT2D eigenvalue weighted by atomic mass is 79.9. The zero-order valence-electron chi connectivity index (χ0n) is 8.88. The summed E-state index contributed by atoms with van der Waals surface area (Å²) in [5.74, 6) is 0. The largest absolute Gasteiger partial charge is 0.383 e. The second-order valence-corrected chi connectivity index (χ2v) is 7.37. The Morgan fingerprint density at radius 3 is 2.59 bits per heavy atom. The van der Waals surface area contributed by atoms with Crippen molar-refractivity contribution in [3.8, 4) is 0 Å². The van der Waals surface area contributed by atoms with E-state index in [1.165, 1.54) is 11.3 Å². The van der Waals surface area contributed by atoms with Crippen molar-refractivity contribution in [2.45, 2.75) is 13.0 Å². The Balaban J connectivity index is 2.42. The molecule has 1 aromatic heterocycles. The second-order valence-electron chi connectivity index (χ2n) is 3.67. The smallest absolute Gasteiger partial charge is 0.114 e. The molecule has 0 aliphatic carbocycles. The van der Waals surface area contributed by atoms with Crippen molar-refractivity contribution in [2.75, 3.05) is 0 Å². The summed E-state index contributed by atoms with van der Waals surface area (Å²) < 4.78 is 1.93. The first-order valence-electron chi connectivity index (χ1n) is 4.88. The molecule has 1 aromatic carbocycles. The molecule has 1 atom stereocenters. The van der Waals surface area contributed by atoms with Crippen molar-refractivity contribution in [2.24, 2.45) is 0 Å². The lowest BCUT2D eigenvalue weighted by atomic mass is 10.0. The molecule has 1 N–H and O–H groups in total. The van der Waals surface area contributed by atoms with Crippen LogP contribution in [0.1, 0.15) is 22.1 Å². The molecule has 0 spiro atoms. The first-order valence-corrected chi connectivity index (χ1v) is 7.66. The monoisotopic (exact) mass is 394 g/mol. The molecule has 0 aliphatic rings. The number of thiophene rings is 1. The molecule has 90 valence electrons. The van der Waals surface area contributed by atoms with E-state index in [9.17, 15) is 5.11 Å². The number of hydrogen-bond donors (Lipinski definition) is 1. The Kier molecular flexibility index (Phi) is 4.31. The molecule has 2 aromatic rings. The molecule has 17 heavy (non-hydrogen) atoms. The Labute approximate surface area is 126 Å². The van der Waals surface area contributed by atoms with Gasteiger partial charge in [0.05, 0.1) is 3.79 Å². The molecule has 1 heterocycles. The van der Waals surface area contributed by atoms with Gasteiger partial charge in [0.1, 0.15) is 6.10 Å². The van der Waals surface area contributed by atoms with Gasteiger partial charge in [-0.3, -0.25) is 0 Å². The maximum absolute atomic E-state index is 10.3. The number of aliphatic hydroxyl groups is 1. The highest BCUT2D eigenvalue weighted by Crippen LogP contribution is 2.38. The van der Waals surface area contributed by atoms with Crippen LogP contribution in [0.3, 0.4) is 0 Å². The van der Waals surface area contributed by atoms with Crippen molar-refractivity contribution < 1.29 is 5.11 Å². The maximum Gasteiger partial charge on any atom is 0.114 e. The van der Waals surface area contributed by atoms with Crippen LogP contribution in [0, 0.1) is 6.92 Å². The van der Waals surface area contributed by atoms with E-state index in [2.05, 4.69) is 31.9 Å². The van der Waals surface area contributed by atoms with E-state index >= 15 is 0 Å². The van der Waals surface area contributed by atoms with Gasteiger partial charge < -0.3 is 5.11 Å². The van der Waals surface area contributed by atoms with Gasteiger partial charge >= 0.3 is 0 Å². The topological polar surface area (TPSA) is 20.2 Å². The van der Waals surface area contributed by atoms with Crippen LogP contribution in [-0.2, 0) is 0 Å². The predicted molar refractivity (Wildman–Crippen MR) is 80.0 cm³/mol. The first kappa shape index (κ1) is 13.6. The quantitative estimate of drug-likeness (QED) is 0.729. The van der Waals surface area contributed by atoms with Crippen LogP contribution in [0.25, 0.3) is 0 Å². The standard InChI is InChI=1S/C12H9Br2ClOS/c1-6-2-3-7(15)4-8(6)11(16)10-5-9(13)12(14)17-10/h2-5,11,16H,1H3. The average molecular weight is 397 g/mol. The Hall–Kier alpha value is 0.130. The molecular weight excluding hydrogens is 387 g/mol. The summed E-state index contributed by atoms with van der Waals surface area (Å²) in [7, 11) is 0. The molecule has 0 saturated carbocycles. The number of benzene rings is 1. The summed E-state index contributed by atoms with van der Waals surface area (Å²) in [6, 6.07) is 7.47. The third-order valence-corrected chi connectivity index (χ3v) is 6.01. The molecule has 0 radical (unpaired) electrons. The third-order valence-electron chi connectivity index (χ3n) is 2.47. The van der Waals surface area contributed by atoms with Gasteiger partial charge in [-0.15, -0.1) is 11.3 Å². The molecule has 1 nitrogen and oxygen atoms in total. The van der Waals surface area contributed by atoms with Crippen LogP contribution in [-0.4, -0.2) is 5.11 Å². The fourth-order valence-electron chi connectivity index (χ4n) is 1.56. The van der Waals surface area contributed by atoms with Gasteiger partial charge in [0.2, 0.25) is 0 Å². The fraction of sp³-hybridized carbons (Fsp3) is 0.167. The molecule has 2 rings (SSSR count). The van der Waals surface area contributed by atoms with Gasteiger partial charge in [0.15, 0.2) is 0 Å². The van der Waals surface area contributed by atoms with Gasteiger partial charge in [-0.2, -0.15) is 0 Å². The molecule has 0 saturated heterocycles. The van der Waals surface area contributed by atoms with Crippen molar-refractivity contribution >= 4 is 54.8 Å². The normalized spacial score (nSPS) is 12.8. The van der Waals surface area contributed by atoms with Crippen LogP contribution in [0.2, 0.25) is 5.02 Å². The van der Waals surface area contributed by atoms with E-state index in [0.717, 1.165) is 24.3 Å². The van der Waals surface area contributed by atoms with E-state index in [1.807, 2.05) is 31.2 Å². The number of rotatable bonds is 2. The highest BCUT2D eigenvalue weighted by molar-refractivity contribution is 9.13. The first-order chi connectivity index (χ1) is 7.99. The zero-order valence-corrected chi connectivity index (χ0v) is 13.6. The second kappa shape index (κ2) is 5.41. The van der Waals surface area contributed by atoms with Crippen molar-refractivity contribution in [1.82, 2.24) is 0 Å². The van der Waals surface area contributed by atoms with Crippen molar-refractivity contribution in [3.05, 3.63) is 53.6 Å². The van der Waals surface area contributed by atoms with Crippen LogP contribution in [0.15, 0.2) is 32.5 Å². The summed E-state index contributed by atoms with van der Waals surface area (Å²) in [5, 5.41) is 11.0.